The van der Waals surface area contributed by atoms with Gasteiger partial charge >= 0.3 is 0 Å². The topological polar surface area (TPSA) is 51.8 Å². The lowest BCUT2D eigenvalue weighted by Gasteiger charge is -2.00. The van der Waals surface area contributed by atoms with E-state index in [4.69, 9.17) is 5.73 Å². The van der Waals surface area contributed by atoms with Crippen LogP contribution in [0.3, 0.4) is 0 Å². The van der Waals surface area contributed by atoms with E-state index in [1.807, 2.05) is 11.4 Å². The van der Waals surface area contributed by atoms with Crippen molar-refractivity contribution < 1.29 is 0 Å². The molecule has 2 aromatic heterocycles. The van der Waals surface area contributed by atoms with E-state index in [9.17, 15) is 0 Å². The van der Waals surface area contributed by atoms with Crippen molar-refractivity contribution in [2.24, 2.45) is 0 Å². The number of nitrogens with zero attached hydrogens (tertiary/aromatic N) is 2. The average Bonchev–Trinajstić information content (AvgIpc) is 2.61. The molecule has 0 saturated heterocycles. The van der Waals surface area contributed by atoms with Gasteiger partial charge in [0.1, 0.15) is 0 Å². The number of nitrogen functional groups attached to an aromatic ring is 1. The van der Waals surface area contributed by atoms with Crippen molar-refractivity contribution in [2.75, 3.05) is 5.73 Å². The van der Waals surface area contributed by atoms with Crippen LogP contribution in [0.4, 0.5) is 5.69 Å². The zero-order chi connectivity index (χ0) is 9.10. The van der Waals surface area contributed by atoms with E-state index in [0.717, 1.165) is 22.7 Å². The van der Waals surface area contributed by atoms with Crippen LogP contribution >= 0.6 is 11.3 Å². The Kier molecular flexibility index (Phi) is 2.23. The number of rotatable bonds is 2. The standard InChI is InChI=1S/C9H9N3S/c10-8-6-11-2-1-7(8)5-9-12-3-4-13-9/h1-4,6H,5,10H2. The number of thiazole rings is 1. The number of hydrogen-bond acceptors (Lipinski definition) is 4. The van der Waals surface area contributed by atoms with E-state index >= 15 is 0 Å². The molecule has 2 rings (SSSR count). The Labute approximate surface area is 80.3 Å². The summed E-state index contributed by atoms with van der Waals surface area (Å²) in [6, 6.07) is 1.93. The highest BCUT2D eigenvalue weighted by Crippen LogP contribution is 2.15. The van der Waals surface area contributed by atoms with Crippen LogP contribution in [-0.2, 0) is 6.42 Å². The monoisotopic (exact) mass is 191 g/mol. The van der Waals surface area contributed by atoms with Gasteiger partial charge in [0.2, 0.25) is 0 Å². The van der Waals surface area contributed by atoms with E-state index in [0.29, 0.717) is 0 Å². The third kappa shape index (κ3) is 1.84. The fraction of sp³-hybridized carbons (Fsp3) is 0.111. The number of pyridine rings is 1. The Balaban J connectivity index is 2.24. The molecule has 0 radical (unpaired) electrons. The Hall–Kier alpha value is -1.42. The number of nitrogens with two attached hydrogens (primary N) is 1. The largest absolute Gasteiger partial charge is 0.397 e. The second kappa shape index (κ2) is 3.53. The quantitative estimate of drug-likeness (QED) is 0.786. The Bertz CT molecular complexity index is 384. The van der Waals surface area contributed by atoms with Gasteiger partial charge in [-0.05, 0) is 11.6 Å². The van der Waals surface area contributed by atoms with Crippen LogP contribution in [0.5, 0.6) is 0 Å². The molecule has 0 aliphatic carbocycles. The number of hydrogen-bond donors (Lipinski definition) is 1. The lowest BCUT2D eigenvalue weighted by Crippen LogP contribution is -1.95. The van der Waals surface area contributed by atoms with Gasteiger partial charge in [0.25, 0.3) is 0 Å². The Morgan fingerprint density at radius 2 is 2.31 bits per heavy atom. The molecular formula is C9H9N3S. The molecule has 0 amide bonds. The van der Waals surface area contributed by atoms with Crippen LogP contribution in [0.1, 0.15) is 10.6 Å². The molecule has 2 N–H and O–H groups in total. The molecule has 0 atom stereocenters. The van der Waals surface area contributed by atoms with Crippen molar-refractivity contribution in [1.29, 1.82) is 0 Å². The summed E-state index contributed by atoms with van der Waals surface area (Å²) in [7, 11) is 0. The molecule has 0 aliphatic rings. The third-order valence-corrected chi connectivity index (χ3v) is 2.55. The molecule has 66 valence electrons. The summed E-state index contributed by atoms with van der Waals surface area (Å²) >= 11 is 1.64. The van der Waals surface area contributed by atoms with E-state index < -0.39 is 0 Å². The summed E-state index contributed by atoms with van der Waals surface area (Å²) in [5, 5.41) is 3.05. The van der Waals surface area contributed by atoms with Gasteiger partial charge in [-0.25, -0.2) is 4.98 Å². The van der Waals surface area contributed by atoms with Gasteiger partial charge in [-0.15, -0.1) is 11.3 Å². The fourth-order valence-electron chi connectivity index (χ4n) is 1.10. The highest BCUT2D eigenvalue weighted by molar-refractivity contribution is 7.09. The predicted molar refractivity (Wildman–Crippen MR) is 53.6 cm³/mol. The van der Waals surface area contributed by atoms with Gasteiger partial charge in [0.15, 0.2) is 0 Å². The molecule has 3 nitrogen and oxygen atoms in total. The first-order valence-electron chi connectivity index (χ1n) is 3.93. The Morgan fingerprint density at radius 1 is 1.38 bits per heavy atom. The first kappa shape index (κ1) is 8.19. The van der Waals surface area contributed by atoms with Crippen molar-refractivity contribution in [2.45, 2.75) is 6.42 Å². The summed E-state index contributed by atoms with van der Waals surface area (Å²) in [6.07, 6.45) is 6.02. The smallest absolute Gasteiger partial charge is 0.0969 e. The molecule has 0 aromatic carbocycles. The summed E-state index contributed by atoms with van der Waals surface area (Å²) in [4.78, 5) is 8.13. The van der Waals surface area contributed by atoms with Crippen molar-refractivity contribution in [1.82, 2.24) is 9.97 Å². The zero-order valence-corrected chi connectivity index (χ0v) is 7.79. The number of aromatic nitrogens is 2. The Morgan fingerprint density at radius 3 is 3.00 bits per heavy atom. The van der Waals surface area contributed by atoms with Crippen LogP contribution in [-0.4, -0.2) is 9.97 Å². The third-order valence-electron chi connectivity index (χ3n) is 1.77. The van der Waals surface area contributed by atoms with Crippen molar-refractivity contribution >= 4 is 17.0 Å². The molecule has 13 heavy (non-hydrogen) atoms. The van der Waals surface area contributed by atoms with E-state index in [1.165, 1.54) is 0 Å². The zero-order valence-electron chi connectivity index (χ0n) is 6.97. The molecule has 4 heteroatoms. The van der Waals surface area contributed by atoms with Gasteiger partial charge in [0.05, 0.1) is 16.9 Å². The fourth-order valence-corrected chi connectivity index (χ4v) is 1.74. The molecule has 0 spiro atoms. The van der Waals surface area contributed by atoms with Crippen LogP contribution in [0.2, 0.25) is 0 Å². The van der Waals surface area contributed by atoms with Crippen molar-refractivity contribution in [3.05, 3.63) is 40.6 Å². The molecular weight excluding hydrogens is 182 g/mol. The van der Waals surface area contributed by atoms with Crippen LogP contribution in [0, 0.1) is 0 Å². The van der Waals surface area contributed by atoms with E-state index in [-0.39, 0.29) is 0 Å². The second-order valence-electron chi connectivity index (χ2n) is 2.68. The van der Waals surface area contributed by atoms with Gasteiger partial charge in [-0.1, -0.05) is 0 Å². The minimum atomic E-state index is 0.734. The molecule has 0 aliphatic heterocycles. The summed E-state index contributed by atoms with van der Waals surface area (Å²) < 4.78 is 0. The van der Waals surface area contributed by atoms with Crippen molar-refractivity contribution in [3.8, 4) is 0 Å². The minimum Gasteiger partial charge on any atom is -0.397 e. The first-order chi connectivity index (χ1) is 6.36. The van der Waals surface area contributed by atoms with Gasteiger partial charge in [-0.3, -0.25) is 4.98 Å². The van der Waals surface area contributed by atoms with Gasteiger partial charge in [0, 0.05) is 24.2 Å². The highest BCUT2D eigenvalue weighted by Gasteiger charge is 2.01. The SMILES string of the molecule is Nc1cnccc1Cc1nccs1. The van der Waals surface area contributed by atoms with Crippen LogP contribution in [0.25, 0.3) is 0 Å². The second-order valence-corrected chi connectivity index (χ2v) is 3.66. The van der Waals surface area contributed by atoms with Crippen LogP contribution < -0.4 is 5.73 Å². The molecule has 0 bridgehead atoms. The summed E-state index contributed by atoms with van der Waals surface area (Å²) in [5.41, 5.74) is 7.57. The minimum absolute atomic E-state index is 0.734. The molecule has 0 fully saturated rings. The van der Waals surface area contributed by atoms with E-state index in [2.05, 4.69) is 9.97 Å². The maximum atomic E-state index is 5.75. The van der Waals surface area contributed by atoms with E-state index in [1.54, 1.807) is 29.9 Å². The molecule has 2 aromatic rings. The van der Waals surface area contributed by atoms with Crippen molar-refractivity contribution in [3.63, 3.8) is 0 Å². The van der Waals surface area contributed by atoms with Gasteiger partial charge < -0.3 is 5.73 Å². The normalized spacial score (nSPS) is 10.2. The summed E-state index contributed by atoms with van der Waals surface area (Å²) in [5.74, 6) is 0. The lowest BCUT2D eigenvalue weighted by molar-refractivity contribution is 1.13. The van der Waals surface area contributed by atoms with Gasteiger partial charge in [-0.2, -0.15) is 0 Å². The number of anilines is 1. The van der Waals surface area contributed by atoms with Crippen LogP contribution in [0.15, 0.2) is 30.0 Å². The first-order valence-corrected chi connectivity index (χ1v) is 4.81. The lowest BCUT2D eigenvalue weighted by atomic mass is 10.2. The highest BCUT2D eigenvalue weighted by atomic mass is 32.1. The molecule has 2 heterocycles. The maximum Gasteiger partial charge on any atom is 0.0969 e. The average molecular weight is 191 g/mol. The molecule has 0 unspecified atom stereocenters. The predicted octanol–water partition coefficient (Wildman–Crippen LogP) is 1.71. The summed E-state index contributed by atoms with van der Waals surface area (Å²) in [6.45, 7) is 0. The molecule has 0 saturated carbocycles. The maximum absolute atomic E-state index is 5.75.